The minimum absolute atomic E-state index is 0.116. The van der Waals surface area contributed by atoms with Crippen LogP contribution in [0.1, 0.15) is 0 Å². The highest BCUT2D eigenvalue weighted by atomic mass is 19.1. The number of benzene rings is 1. The van der Waals surface area contributed by atoms with Crippen molar-refractivity contribution in [3.05, 3.63) is 52.3 Å². The Bertz CT molecular complexity index is 514. The lowest BCUT2D eigenvalue weighted by atomic mass is 10.1. The number of hydrogen-bond acceptors (Lipinski definition) is 3. The predicted molar refractivity (Wildman–Crippen MR) is 50.7 cm³/mol. The van der Waals surface area contributed by atoms with Crippen molar-refractivity contribution in [1.29, 1.82) is 0 Å². The molecule has 0 fully saturated rings. The van der Waals surface area contributed by atoms with Crippen LogP contribution in [0.3, 0.4) is 0 Å². The largest absolute Gasteiger partial charge is 0.464 e. The first-order chi connectivity index (χ1) is 7.59. The predicted octanol–water partition coefficient (Wildman–Crippen LogP) is 3.13. The van der Waals surface area contributed by atoms with Crippen molar-refractivity contribution in [3.8, 4) is 11.3 Å². The minimum atomic E-state index is -1.23. The Labute approximate surface area is 88.3 Å². The SMILES string of the molecule is O=[N+]([O-])c1c(F)cc(-c2ccco2)cc1F. The molecule has 0 spiro atoms. The van der Waals surface area contributed by atoms with Crippen LogP contribution in [0.2, 0.25) is 0 Å². The van der Waals surface area contributed by atoms with Crippen LogP contribution in [0.4, 0.5) is 14.5 Å². The molecule has 0 aliphatic carbocycles. The van der Waals surface area contributed by atoms with Crippen molar-refractivity contribution < 1.29 is 18.1 Å². The molecule has 1 aromatic carbocycles. The van der Waals surface area contributed by atoms with Gasteiger partial charge in [-0.15, -0.1) is 0 Å². The van der Waals surface area contributed by atoms with Gasteiger partial charge >= 0.3 is 5.69 Å². The molecule has 0 aliphatic rings. The summed E-state index contributed by atoms with van der Waals surface area (Å²) in [6, 6.07) is 4.77. The molecule has 0 saturated heterocycles. The lowest BCUT2D eigenvalue weighted by Gasteiger charge is -1.99. The number of nitrogens with zero attached hydrogens (tertiary/aromatic N) is 1. The fourth-order valence-corrected chi connectivity index (χ4v) is 1.33. The Kier molecular flexibility index (Phi) is 2.40. The number of hydrogen-bond donors (Lipinski definition) is 0. The highest BCUT2D eigenvalue weighted by molar-refractivity contribution is 5.60. The lowest BCUT2D eigenvalue weighted by Crippen LogP contribution is -1.97. The standard InChI is InChI=1S/C10H5F2NO3/c11-7-4-6(9-2-1-3-16-9)5-8(12)10(7)13(14)15/h1-5H. The molecular weight excluding hydrogens is 220 g/mol. The van der Waals surface area contributed by atoms with Crippen LogP contribution in [0, 0.1) is 21.7 Å². The zero-order chi connectivity index (χ0) is 11.7. The van der Waals surface area contributed by atoms with E-state index < -0.39 is 22.2 Å². The normalized spacial score (nSPS) is 10.4. The van der Waals surface area contributed by atoms with Crippen molar-refractivity contribution in [2.45, 2.75) is 0 Å². The number of nitro groups is 1. The number of rotatable bonds is 2. The van der Waals surface area contributed by atoms with Gasteiger partial charge in [0.25, 0.3) is 0 Å². The van der Waals surface area contributed by atoms with E-state index in [9.17, 15) is 18.9 Å². The molecule has 4 nitrogen and oxygen atoms in total. The topological polar surface area (TPSA) is 56.3 Å². The maximum atomic E-state index is 13.2. The van der Waals surface area contributed by atoms with Gasteiger partial charge in [0.05, 0.1) is 11.2 Å². The molecule has 1 aromatic heterocycles. The van der Waals surface area contributed by atoms with Crippen LogP contribution in [-0.2, 0) is 0 Å². The second-order valence-corrected chi connectivity index (χ2v) is 3.02. The molecule has 0 atom stereocenters. The summed E-state index contributed by atoms with van der Waals surface area (Å²) in [6.07, 6.45) is 1.34. The molecule has 0 unspecified atom stereocenters. The summed E-state index contributed by atoms with van der Waals surface area (Å²) in [6.45, 7) is 0. The first-order valence-corrected chi connectivity index (χ1v) is 4.27. The van der Waals surface area contributed by atoms with Crippen LogP contribution in [0.25, 0.3) is 11.3 Å². The van der Waals surface area contributed by atoms with Gasteiger partial charge in [0.2, 0.25) is 11.6 Å². The lowest BCUT2D eigenvalue weighted by molar-refractivity contribution is -0.390. The molecule has 0 aliphatic heterocycles. The van der Waals surface area contributed by atoms with E-state index in [-0.39, 0.29) is 11.3 Å². The molecule has 0 bridgehead atoms. The molecule has 0 radical (unpaired) electrons. The minimum Gasteiger partial charge on any atom is -0.464 e. The average molecular weight is 225 g/mol. The third-order valence-corrected chi connectivity index (χ3v) is 2.01. The molecule has 2 rings (SSSR count). The van der Waals surface area contributed by atoms with Gasteiger partial charge in [-0.3, -0.25) is 10.1 Å². The Balaban J connectivity index is 2.58. The summed E-state index contributed by atoms with van der Waals surface area (Å²) >= 11 is 0. The van der Waals surface area contributed by atoms with Crippen LogP contribution >= 0.6 is 0 Å². The van der Waals surface area contributed by atoms with Gasteiger partial charge in [0, 0.05) is 5.56 Å². The number of nitro benzene ring substituents is 1. The van der Waals surface area contributed by atoms with Crippen molar-refractivity contribution >= 4 is 5.69 Å². The molecule has 16 heavy (non-hydrogen) atoms. The van der Waals surface area contributed by atoms with E-state index in [4.69, 9.17) is 4.42 Å². The fourth-order valence-electron chi connectivity index (χ4n) is 1.33. The van der Waals surface area contributed by atoms with E-state index >= 15 is 0 Å². The van der Waals surface area contributed by atoms with E-state index in [0.29, 0.717) is 0 Å². The molecule has 82 valence electrons. The second kappa shape index (κ2) is 3.73. The fraction of sp³-hybridized carbons (Fsp3) is 0. The number of halogens is 2. The third-order valence-electron chi connectivity index (χ3n) is 2.01. The Morgan fingerprint density at radius 1 is 1.25 bits per heavy atom. The van der Waals surface area contributed by atoms with Gasteiger partial charge in [-0.1, -0.05) is 0 Å². The van der Waals surface area contributed by atoms with Gasteiger partial charge in [0.15, 0.2) is 0 Å². The zero-order valence-electron chi connectivity index (χ0n) is 7.81. The molecule has 2 aromatic rings. The Hall–Kier alpha value is -2.24. The van der Waals surface area contributed by atoms with Crippen LogP contribution in [0.15, 0.2) is 34.9 Å². The first kappa shape index (κ1) is 10.3. The molecule has 6 heteroatoms. The molecular formula is C10H5F2NO3. The van der Waals surface area contributed by atoms with Gasteiger partial charge in [-0.2, -0.15) is 8.78 Å². The summed E-state index contributed by atoms with van der Waals surface area (Å²) in [4.78, 5) is 9.24. The summed E-state index contributed by atoms with van der Waals surface area (Å²) in [7, 11) is 0. The average Bonchev–Trinajstić information content (AvgIpc) is 2.67. The quantitative estimate of drug-likeness (QED) is 0.582. The van der Waals surface area contributed by atoms with Gasteiger partial charge < -0.3 is 4.42 Å². The highest BCUT2D eigenvalue weighted by Crippen LogP contribution is 2.28. The summed E-state index contributed by atoms with van der Waals surface area (Å²) < 4.78 is 31.4. The monoisotopic (exact) mass is 225 g/mol. The van der Waals surface area contributed by atoms with Gasteiger partial charge in [0.1, 0.15) is 5.76 Å². The maximum absolute atomic E-state index is 13.2. The molecule has 0 amide bonds. The molecule has 0 N–H and O–H groups in total. The van der Waals surface area contributed by atoms with Gasteiger partial charge in [-0.25, -0.2) is 0 Å². The van der Waals surface area contributed by atoms with E-state index in [2.05, 4.69) is 0 Å². The van der Waals surface area contributed by atoms with E-state index in [1.54, 1.807) is 6.07 Å². The van der Waals surface area contributed by atoms with Crippen LogP contribution in [0.5, 0.6) is 0 Å². The highest BCUT2D eigenvalue weighted by Gasteiger charge is 2.22. The van der Waals surface area contributed by atoms with E-state index in [1.165, 1.54) is 12.3 Å². The maximum Gasteiger partial charge on any atom is 0.340 e. The molecule has 1 heterocycles. The van der Waals surface area contributed by atoms with Crippen LogP contribution in [-0.4, -0.2) is 4.92 Å². The van der Waals surface area contributed by atoms with Crippen molar-refractivity contribution in [3.63, 3.8) is 0 Å². The second-order valence-electron chi connectivity index (χ2n) is 3.02. The smallest absolute Gasteiger partial charge is 0.340 e. The first-order valence-electron chi connectivity index (χ1n) is 4.27. The zero-order valence-corrected chi connectivity index (χ0v) is 7.81. The van der Waals surface area contributed by atoms with Crippen molar-refractivity contribution in [2.75, 3.05) is 0 Å². The van der Waals surface area contributed by atoms with Crippen molar-refractivity contribution in [1.82, 2.24) is 0 Å². The Morgan fingerprint density at radius 2 is 1.88 bits per heavy atom. The summed E-state index contributed by atoms with van der Waals surface area (Å²) in [5.41, 5.74) is -1.04. The number of furan rings is 1. The Morgan fingerprint density at radius 3 is 2.31 bits per heavy atom. The summed E-state index contributed by atoms with van der Waals surface area (Å²) in [5.74, 6) is -2.21. The van der Waals surface area contributed by atoms with Crippen molar-refractivity contribution in [2.24, 2.45) is 0 Å². The van der Waals surface area contributed by atoms with Gasteiger partial charge in [-0.05, 0) is 24.3 Å². The summed E-state index contributed by atoms with van der Waals surface area (Å²) in [5, 5.41) is 10.3. The molecule has 0 saturated carbocycles. The van der Waals surface area contributed by atoms with E-state index in [1.807, 2.05) is 0 Å². The third kappa shape index (κ3) is 1.65. The van der Waals surface area contributed by atoms with Crippen LogP contribution < -0.4 is 0 Å². The van der Waals surface area contributed by atoms with E-state index in [0.717, 1.165) is 12.1 Å².